The van der Waals surface area contributed by atoms with Gasteiger partial charge in [0.2, 0.25) is 0 Å². The van der Waals surface area contributed by atoms with Gasteiger partial charge in [-0.05, 0) is 25.3 Å². The first-order chi connectivity index (χ1) is 6.33. The number of hydrogen-bond donors (Lipinski definition) is 0. The SMILES string of the molecule is CCCCCCc1cnc(C)nc1. The fourth-order valence-corrected chi connectivity index (χ4v) is 1.30. The van der Waals surface area contributed by atoms with Crippen LogP contribution in [-0.2, 0) is 6.42 Å². The van der Waals surface area contributed by atoms with Crippen LogP contribution in [0.2, 0.25) is 0 Å². The molecule has 0 aliphatic heterocycles. The molecule has 0 aromatic carbocycles. The molecule has 2 heteroatoms. The van der Waals surface area contributed by atoms with Crippen molar-refractivity contribution in [3.8, 4) is 0 Å². The average molecular weight is 178 g/mol. The van der Waals surface area contributed by atoms with Gasteiger partial charge in [-0.25, -0.2) is 9.97 Å². The first kappa shape index (κ1) is 10.2. The van der Waals surface area contributed by atoms with E-state index < -0.39 is 0 Å². The van der Waals surface area contributed by atoms with Crippen LogP contribution in [0.4, 0.5) is 0 Å². The van der Waals surface area contributed by atoms with Crippen molar-refractivity contribution in [1.29, 1.82) is 0 Å². The molecule has 13 heavy (non-hydrogen) atoms. The van der Waals surface area contributed by atoms with E-state index in [4.69, 9.17) is 0 Å². The predicted molar refractivity (Wildman–Crippen MR) is 54.6 cm³/mol. The van der Waals surface area contributed by atoms with Crippen LogP contribution in [0.15, 0.2) is 12.4 Å². The number of aromatic nitrogens is 2. The number of aryl methyl sites for hydroxylation is 2. The Labute approximate surface area is 80.4 Å². The van der Waals surface area contributed by atoms with Crippen molar-refractivity contribution >= 4 is 0 Å². The molecule has 0 radical (unpaired) electrons. The lowest BCUT2D eigenvalue weighted by molar-refractivity contribution is 0.664. The minimum absolute atomic E-state index is 0.859. The summed E-state index contributed by atoms with van der Waals surface area (Å²) in [5, 5.41) is 0. The zero-order chi connectivity index (χ0) is 9.52. The van der Waals surface area contributed by atoms with E-state index in [9.17, 15) is 0 Å². The zero-order valence-electron chi connectivity index (χ0n) is 8.58. The molecule has 0 aliphatic rings. The van der Waals surface area contributed by atoms with Gasteiger partial charge >= 0.3 is 0 Å². The lowest BCUT2D eigenvalue weighted by Crippen LogP contribution is -1.91. The van der Waals surface area contributed by atoms with E-state index in [0.717, 1.165) is 12.2 Å². The number of rotatable bonds is 5. The molecule has 0 atom stereocenters. The minimum atomic E-state index is 0.859. The van der Waals surface area contributed by atoms with Crippen molar-refractivity contribution in [2.24, 2.45) is 0 Å². The van der Waals surface area contributed by atoms with Gasteiger partial charge in [0.25, 0.3) is 0 Å². The van der Waals surface area contributed by atoms with Gasteiger partial charge in [-0.15, -0.1) is 0 Å². The van der Waals surface area contributed by atoms with E-state index in [1.165, 1.54) is 31.2 Å². The molecule has 0 bridgehead atoms. The molecule has 0 N–H and O–H groups in total. The third kappa shape index (κ3) is 4.02. The van der Waals surface area contributed by atoms with Crippen molar-refractivity contribution in [2.75, 3.05) is 0 Å². The van der Waals surface area contributed by atoms with E-state index in [-0.39, 0.29) is 0 Å². The minimum Gasteiger partial charge on any atom is -0.241 e. The molecule has 0 saturated heterocycles. The van der Waals surface area contributed by atoms with E-state index >= 15 is 0 Å². The molecule has 72 valence electrons. The highest BCUT2D eigenvalue weighted by Gasteiger charge is 1.94. The van der Waals surface area contributed by atoms with Gasteiger partial charge < -0.3 is 0 Å². The van der Waals surface area contributed by atoms with Crippen LogP contribution in [0, 0.1) is 6.92 Å². The molecule has 0 saturated carbocycles. The smallest absolute Gasteiger partial charge is 0.125 e. The van der Waals surface area contributed by atoms with E-state index in [1.54, 1.807) is 0 Å². The van der Waals surface area contributed by atoms with Gasteiger partial charge in [-0.1, -0.05) is 26.2 Å². The summed E-state index contributed by atoms with van der Waals surface area (Å²) in [5.74, 6) is 0.859. The van der Waals surface area contributed by atoms with Gasteiger partial charge in [-0.3, -0.25) is 0 Å². The second kappa shape index (κ2) is 5.68. The summed E-state index contributed by atoms with van der Waals surface area (Å²) in [6.45, 7) is 4.15. The van der Waals surface area contributed by atoms with Crippen molar-refractivity contribution in [3.63, 3.8) is 0 Å². The summed E-state index contributed by atoms with van der Waals surface area (Å²) in [6.07, 6.45) is 10.2. The first-order valence-corrected chi connectivity index (χ1v) is 5.10. The van der Waals surface area contributed by atoms with Crippen molar-refractivity contribution < 1.29 is 0 Å². The van der Waals surface area contributed by atoms with Crippen LogP contribution < -0.4 is 0 Å². The highest BCUT2D eigenvalue weighted by Crippen LogP contribution is 2.05. The molecule has 1 heterocycles. The summed E-state index contributed by atoms with van der Waals surface area (Å²) in [7, 11) is 0. The fraction of sp³-hybridized carbons (Fsp3) is 0.636. The second-order valence-electron chi connectivity index (χ2n) is 3.45. The van der Waals surface area contributed by atoms with Crippen molar-refractivity contribution in [3.05, 3.63) is 23.8 Å². The van der Waals surface area contributed by atoms with Crippen LogP contribution >= 0.6 is 0 Å². The van der Waals surface area contributed by atoms with Gasteiger partial charge in [0.1, 0.15) is 5.82 Å². The standard InChI is InChI=1S/C11H18N2/c1-3-4-5-6-7-11-8-12-10(2)13-9-11/h8-9H,3-7H2,1-2H3. The maximum Gasteiger partial charge on any atom is 0.125 e. The Kier molecular flexibility index (Phi) is 4.44. The van der Waals surface area contributed by atoms with E-state index in [0.29, 0.717) is 0 Å². The lowest BCUT2D eigenvalue weighted by atomic mass is 10.1. The maximum atomic E-state index is 4.17. The molecular weight excluding hydrogens is 160 g/mol. The number of hydrogen-bond acceptors (Lipinski definition) is 2. The first-order valence-electron chi connectivity index (χ1n) is 5.10. The Morgan fingerprint density at radius 1 is 1.08 bits per heavy atom. The van der Waals surface area contributed by atoms with Gasteiger partial charge in [0.15, 0.2) is 0 Å². The van der Waals surface area contributed by atoms with Gasteiger partial charge in [-0.2, -0.15) is 0 Å². The Morgan fingerprint density at radius 2 is 1.77 bits per heavy atom. The van der Waals surface area contributed by atoms with Crippen molar-refractivity contribution in [1.82, 2.24) is 9.97 Å². The average Bonchev–Trinajstić information content (AvgIpc) is 2.15. The Bertz CT molecular complexity index is 228. The molecule has 1 aromatic rings. The monoisotopic (exact) mass is 178 g/mol. The largest absolute Gasteiger partial charge is 0.241 e. The van der Waals surface area contributed by atoms with Crippen LogP contribution in [0.3, 0.4) is 0 Å². The zero-order valence-corrected chi connectivity index (χ0v) is 8.58. The molecule has 0 unspecified atom stereocenters. The molecule has 0 aliphatic carbocycles. The summed E-state index contributed by atoms with van der Waals surface area (Å²) in [4.78, 5) is 8.33. The number of nitrogens with zero attached hydrogens (tertiary/aromatic N) is 2. The summed E-state index contributed by atoms with van der Waals surface area (Å²) < 4.78 is 0. The second-order valence-corrected chi connectivity index (χ2v) is 3.45. The van der Waals surface area contributed by atoms with Crippen LogP contribution in [-0.4, -0.2) is 9.97 Å². The molecule has 1 rings (SSSR count). The third-order valence-corrected chi connectivity index (χ3v) is 2.15. The number of unbranched alkanes of at least 4 members (excludes halogenated alkanes) is 3. The summed E-state index contributed by atoms with van der Waals surface area (Å²) in [5.41, 5.74) is 1.27. The quantitative estimate of drug-likeness (QED) is 0.648. The molecule has 1 aromatic heterocycles. The maximum absolute atomic E-state index is 4.17. The van der Waals surface area contributed by atoms with Crippen LogP contribution in [0.5, 0.6) is 0 Å². The Morgan fingerprint density at radius 3 is 2.38 bits per heavy atom. The highest BCUT2D eigenvalue weighted by atomic mass is 14.8. The lowest BCUT2D eigenvalue weighted by Gasteiger charge is -1.99. The Hall–Kier alpha value is -0.920. The van der Waals surface area contributed by atoms with Gasteiger partial charge in [0, 0.05) is 12.4 Å². The molecular formula is C11H18N2. The summed E-state index contributed by atoms with van der Waals surface area (Å²) in [6, 6.07) is 0. The highest BCUT2D eigenvalue weighted by molar-refractivity contribution is 5.04. The predicted octanol–water partition coefficient (Wildman–Crippen LogP) is 2.91. The topological polar surface area (TPSA) is 25.8 Å². The van der Waals surface area contributed by atoms with Crippen molar-refractivity contribution in [2.45, 2.75) is 46.0 Å². The van der Waals surface area contributed by atoms with E-state index in [1.807, 2.05) is 19.3 Å². The van der Waals surface area contributed by atoms with Gasteiger partial charge in [0.05, 0.1) is 0 Å². The molecule has 0 spiro atoms. The molecule has 0 amide bonds. The summed E-state index contributed by atoms with van der Waals surface area (Å²) >= 11 is 0. The van der Waals surface area contributed by atoms with Crippen LogP contribution in [0.25, 0.3) is 0 Å². The molecule has 2 nitrogen and oxygen atoms in total. The Balaban J connectivity index is 2.25. The normalized spacial score (nSPS) is 10.3. The van der Waals surface area contributed by atoms with Crippen LogP contribution in [0.1, 0.15) is 44.0 Å². The fourth-order valence-electron chi connectivity index (χ4n) is 1.30. The third-order valence-electron chi connectivity index (χ3n) is 2.15. The molecule has 0 fully saturated rings. The van der Waals surface area contributed by atoms with E-state index in [2.05, 4.69) is 16.9 Å².